The Hall–Kier alpha value is -1.79. The van der Waals surface area contributed by atoms with Gasteiger partial charge in [0.1, 0.15) is 17.1 Å². The van der Waals surface area contributed by atoms with Crippen molar-refractivity contribution in [3.63, 3.8) is 0 Å². The maximum absolute atomic E-state index is 10.3. The Labute approximate surface area is 130 Å². The molecule has 0 spiro atoms. The zero-order valence-corrected chi connectivity index (χ0v) is 13.3. The molecule has 0 bridgehead atoms. The average molecular weight is 311 g/mol. The first-order valence-electron chi connectivity index (χ1n) is 7.25. The monoisotopic (exact) mass is 311 g/mol. The number of hydrogen-bond acceptors (Lipinski definition) is 6. The summed E-state index contributed by atoms with van der Waals surface area (Å²) in [5, 5.41) is 32.3. The lowest BCUT2D eigenvalue weighted by Gasteiger charge is -2.33. The van der Waals surface area contributed by atoms with Crippen molar-refractivity contribution in [3.05, 3.63) is 23.8 Å². The smallest absolute Gasteiger partial charge is 0.293 e. The number of carbonyl (C=O) groups excluding carboxylic acids is 1. The molecule has 1 aliphatic rings. The predicted octanol–water partition coefficient (Wildman–Crippen LogP) is 1.63. The molecule has 0 unspecified atom stereocenters. The van der Waals surface area contributed by atoms with Gasteiger partial charge < -0.3 is 25.4 Å². The number of hydrogen-bond donors (Lipinski definition) is 4. The summed E-state index contributed by atoms with van der Waals surface area (Å²) in [5.41, 5.74) is -0.785. The number of rotatable bonds is 2. The van der Waals surface area contributed by atoms with Gasteiger partial charge >= 0.3 is 0 Å². The lowest BCUT2D eigenvalue weighted by Crippen LogP contribution is -2.39. The van der Waals surface area contributed by atoms with E-state index in [0.29, 0.717) is 24.9 Å². The molecule has 2 rings (SSSR count). The Bertz CT molecular complexity index is 490. The van der Waals surface area contributed by atoms with Crippen LogP contribution in [0.2, 0.25) is 0 Å². The van der Waals surface area contributed by atoms with Crippen LogP contribution in [-0.2, 0) is 15.1 Å². The van der Waals surface area contributed by atoms with Gasteiger partial charge in [-0.3, -0.25) is 4.79 Å². The zero-order valence-electron chi connectivity index (χ0n) is 13.3. The standard InChI is InChI=1S/C11H15NO3.C5H10O2/c13-8-1-2-9(10(14)7-8)11(15)3-5-12-6-4-11;1-5(2,3)7-4-6/h1-2,7,12-15H,3-6H2;4H,1-3H3. The van der Waals surface area contributed by atoms with Crippen LogP contribution in [0.25, 0.3) is 0 Å². The molecule has 1 saturated heterocycles. The number of carbonyl (C=O) groups is 1. The second kappa shape index (κ2) is 7.47. The molecular formula is C16H25NO5. The highest BCUT2D eigenvalue weighted by molar-refractivity contribution is 5.42. The molecule has 6 heteroatoms. The number of nitrogens with one attached hydrogen (secondary N) is 1. The van der Waals surface area contributed by atoms with Crippen molar-refractivity contribution >= 4 is 6.47 Å². The molecule has 124 valence electrons. The Morgan fingerprint density at radius 2 is 1.82 bits per heavy atom. The summed E-state index contributed by atoms with van der Waals surface area (Å²) in [7, 11) is 0. The fraction of sp³-hybridized carbons (Fsp3) is 0.562. The molecule has 0 atom stereocenters. The Morgan fingerprint density at radius 1 is 1.23 bits per heavy atom. The molecule has 1 aliphatic heterocycles. The van der Waals surface area contributed by atoms with Crippen molar-refractivity contribution in [2.75, 3.05) is 13.1 Å². The molecule has 4 N–H and O–H groups in total. The van der Waals surface area contributed by atoms with E-state index < -0.39 is 5.60 Å². The second-order valence-corrected chi connectivity index (χ2v) is 6.31. The van der Waals surface area contributed by atoms with Gasteiger partial charge in [0.25, 0.3) is 6.47 Å². The van der Waals surface area contributed by atoms with E-state index in [-0.39, 0.29) is 17.1 Å². The molecule has 1 aromatic rings. The van der Waals surface area contributed by atoms with Gasteiger partial charge in [-0.1, -0.05) is 0 Å². The third-order valence-corrected chi connectivity index (χ3v) is 3.32. The molecule has 1 aromatic carbocycles. The van der Waals surface area contributed by atoms with Crippen LogP contribution in [0.15, 0.2) is 18.2 Å². The molecule has 22 heavy (non-hydrogen) atoms. The quantitative estimate of drug-likeness (QED) is 0.620. The molecule has 0 saturated carbocycles. The summed E-state index contributed by atoms with van der Waals surface area (Å²) in [6.07, 6.45) is 1.15. The fourth-order valence-electron chi connectivity index (χ4n) is 2.17. The van der Waals surface area contributed by atoms with Crippen LogP contribution in [0.3, 0.4) is 0 Å². The number of phenolic OH excluding ortho intramolecular Hbond substituents is 2. The number of piperidine rings is 1. The maximum Gasteiger partial charge on any atom is 0.293 e. The first kappa shape index (κ1) is 18.3. The Kier molecular flexibility index (Phi) is 6.20. The van der Waals surface area contributed by atoms with E-state index in [1.165, 1.54) is 12.1 Å². The summed E-state index contributed by atoms with van der Waals surface area (Å²) in [5.74, 6) is -0.0341. The highest BCUT2D eigenvalue weighted by Crippen LogP contribution is 2.37. The first-order chi connectivity index (χ1) is 10.2. The van der Waals surface area contributed by atoms with Crippen molar-refractivity contribution in [3.8, 4) is 11.5 Å². The second-order valence-electron chi connectivity index (χ2n) is 6.31. The number of aromatic hydroxyl groups is 2. The van der Waals surface area contributed by atoms with E-state index in [0.717, 1.165) is 13.1 Å². The maximum atomic E-state index is 10.3. The topological polar surface area (TPSA) is 99.0 Å². The van der Waals surface area contributed by atoms with E-state index in [4.69, 9.17) is 5.11 Å². The van der Waals surface area contributed by atoms with E-state index in [2.05, 4.69) is 10.1 Å². The van der Waals surface area contributed by atoms with Gasteiger partial charge in [0.05, 0.1) is 5.60 Å². The van der Waals surface area contributed by atoms with Gasteiger partial charge in [0.2, 0.25) is 0 Å². The summed E-state index contributed by atoms with van der Waals surface area (Å²) in [6, 6.07) is 4.32. The van der Waals surface area contributed by atoms with Gasteiger partial charge in [0, 0.05) is 11.6 Å². The molecular weight excluding hydrogens is 286 g/mol. The SMILES string of the molecule is CC(C)(C)OC=O.Oc1ccc(C2(O)CCNCC2)c(O)c1. The summed E-state index contributed by atoms with van der Waals surface area (Å²) in [6.45, 7) is 7.39. The minimum Gasteiger partial charge on any atom is -0.508 e. The van der Waals surface area contributed by atoms with Crippen molar-refractivity contribution in [2.45, 2.75) is 44.8 Å². The summed E-state index contributed by atoms with van der Waals surface area (Å²) in [4.78, 5) is 9.60. The van der Waals surface area contributed by atoms with Gasteiger partial charge in [-0.15, -0.1) is 0 Å². The Morgan fingerprint density at radius 3 is 2.23 bits per heavy atom. The van der Waals surface area contributed by atoms with E-state index in [9.17, 15) is 15.0 Å². The molecule has 1 fully saturated rings. The van der Waals surface area contributed by atoms with Crippen LogP contribution in [-0.4, -0.2) is 40.5 Å². The molecule has 0 radical (unpaired) electrons. The fourth-order valence-corrected chi connectivity index (χ4v) is 2.17. The van der Waals surface area contributed by atoms with Gasteiger partial charge in [-0.25, -0.2) is 0 Å². The molecule has 0 amide bonds. The summed E-state index contributed by atoms with van der Waals surface area (Å²) >= 11 is 0. The number of phenols is 2. The van der Waals surface area contributed by atoms with Crippen LogP contribution in [0, 0.1) is 0 Å². The number of ether oxygens (including phenoxy) is 1. The van der Waals surface area contributed by atoms with E-state index in [1.807, 2.05) is 20.8 Å². The van der Waals surface area contributed by atoms with Crippen LogP contribution < -0.4 is 5.32 Å². The van der Waals surface area contributed by atoms with Crippen LogP contribution in [0.1, 0.15) is 39.2 Å². The minimum absolute atomic E-state index is 0.00813. The van der Waals surface area contributed by atoms with Gasteiger partial charge in [-0.05, 0) is 58.8 Å². The molecule has 0 aliphatic carbocycles. The minimum atomic E-state index is -0.969. The Balaban J connectivity index is 0.000000295. The van der Waals surface area contributed by atoms with Crippen LogP contribution >= 0.6 is 0 Å². The van der Waals surface area contributed by atoms with Crippen molar-refractivity contribution in [2.24, 2.45) is 0 Å². The zero-order chi connectivity index (χ0) is 16.8. The normalized spacial score (nSPS) is 17.1. The van der Waals surface area contributed by atoms with Gasteiger partial charge in [0.15, 0.2) is 0 Å². The first-order valence-corrected chi connectivity index (χ1v) is 7.25. The third-order valence-electron chi connectivity index (χ3n) is 3.32. The van der Waals surface area contributed by atoms with E-state index in [1.54, 1.807) is 6.07 Å². The number of benzene rings is 1. The number of aliphatic hydroxyl groups is 1. The predicted molar refractivity (Wildman–Crippen MR) is 82.7 cm³/mol. The largest absolute Gasteiger partial charge is 0.508 e. The third kappa shape index (κ3) is 5.54. The van der Waals surface area contributed by atoms with Gasteiger partial charge in [-0.2, -0.15) is 0 Å². The van der Waals surface area contributed by atoms with E-state index >= 15 is 0 Å². The lowest BCUT2D eigenvalue weighted by atomic mass is 9.84. The summed E-state index contributed by atoms with van der Waals surface area (Å²) < 4.78 is 4.55. The molecule has 6 nitrogen and oxygen atoms in total. The van der Waals surface area contributed by atoms with Crippen molar-refractivity contribution in [1.82, 2.24) is 5.32 Å². The molecule has 0 aromatic heterocycles. The van der Waals surface area contributed by atoms with Crippen LogP contribution in [0.4, 0.5) is 0 Å². The average Bonchev–Trinajstić information content (AvgIpc) is 2.38. The highest BCUT2D eigenvalue weighted by Gasteiger charge is 2.33. The van der Waals surface area contributed by atoms with Crippen LogP contribution in [0.5, 0.6) is 11.5 Å². The molecule has 1 heterocycles. The van der Waals surface area contributed by atoms with Crippen molar-refractivity contribution in [1.29, 1.82) is 0 Å². The lowest BCUT2D eigenvalue weighted by molar-refractivity contribution is -0.138. The van der Waals surface area contributed by atoms with Crippen molar-refractivity contribution < 1.29 is 24.9 Å². The highest BCUT2D eigenvalue weighted by atomic mass is 16.5.